The number of nitrogens with zero attached hydrogens (tertiary/aromatic N) is 1. The van der Waals surface area contributed by atoms with Crippen LogP contribution in [0.2, 0.25) is 0 Å². The molecule has 0 radical (unpaired) electrons. The molecule has 27 heavy (non-hydrogen) atoms. The van der Waals surface area contributed by atoms with Gasteiger partial charge < -0.3 is 14.8 Å². The third-order valence-electron chi connectivity index (χ3n) is 5.47. The first kappa shape index (κ1) is 30.3. The predicted octanol–water partition coefficient (Wildman–Crippen LogP) is 2.71. The smallest absolute Gasteiger partial charge is 0.550 e. The molecule has 0 spiro atoms. The normalized spacial score (nSPS) is 12.1. The van der Waals surface area contributed by atoms with E-state index in [1.165, 1.54) is 90.1 Å². The number of aliphatic carboxylic acids is 1. The summed E-state index contributed by atoms with van der Waals surface area (Å²) in [6.07, 6.45) is 19.3. The van der Waals surface area contributed by atoms with Crippen LogP contribution in [0.15, 0.2) is 0 Å². The molecule has 0 saturated heterocycles. The van der Waals surface area contributed by atoms with Gasteiger partial charge in [-0.15, -0.1) is 0 Å². The van der Waals surface area contributed by atoms with Crippen molar-refractivity contribution in [3.8, 4) is 0 Å². The minimum atomic E-state index is -0.909. The zero-order chi connectivity index (χ0) is 19.5. The van der Waals surface area contributed by atoms with Gasteiger partial charge in [0.2, 0.25) is 0 Å². The minimum Gasteiger partial charge on any atom is -0.550 e. The zero-order valence-electron chi connectivity index (χ0n) is 19.1. The minimum absolute atomic E-state index is 0. The number of hydrogen-bond donors (Lipinski definition) is 0. The summed E-state index contributed by atoms with van der Waals surface area (Å²) < 4.78 is 0. The van der Waals surface area contributed by atoms with E-state index in [1.807, 2.05) is 0 Å². The molecule has 156 valence electrons. The second-order valence-corrected chi connectivity index (χ2v) is 8.04. The van der Waals surface area contributed by atoms with Crippen LogP contribution in [-0.2, 0) is 4.79 Å². The average molecular weight is 408 g/mol. The first-order valence-corrected chi connectivity index (χ1v) is 11.6. The molecule has 1 atom stereocenters. The van der Waals surface area contributed by atoms with Crippen molar-refractivity contribution in [3.05, 3.63) is 0 Å². The Hall–Kier alpha value is 1.07. The molecule has 1 unspecified atom stereocenters. The molecule has 0 rings (SSSR count). The number of rotatable bonds is 20. The van der Waals surface area contributed by atoms with E-state index in [0.29, 0.717) is 6.04 Å². The molecule has 0 amide bonds. The Kier molecular flexibility index (Phi) is 26.2. The maximum Gasteiger partial charge on any atom is 1.00 e. The maximum atomic E-state index is 10.6. The van der Waals surface area contributed by atoms with Gasteiger partial charge in [0.1, 0.15) is 0 Å². The van der Waals surface area contributed by atoms with Crippen molar-refractivity contribution in [2.75, 3.05) is 13.1 Å². The summed E-state index contributed by atoms with van der Waals surface area (Å²) in [5.41, 5.74) is 0. The molecule has 0 aromatic heterocycles. The van der Waals surface area contributed by atoms with Gasteiger partial charge in [0.15, 0.2) is 0 Å². The fraction of sp³-hybridized carbons (Fsp3) is 0.957. The van der Waals surface area contributed by atoms with E-state index in [4.69, 9.17) is 0 Å². The van der Waals surface area contributed by atoms with Gasteiger partial charge in [-0.05, 0) is 52.1 Å². The number of carbonyl (C=O) groups excluding carboxylic acids is 1. The van der Waals surface area contributed by atoms with E-state index in [2.05, 4.69) is 25.7 Å². The third-order valence-corrected chi connectivity index (χ3v) is 5.47. The van der Waals surface area contributed by atoms with Crippen molar-refractivity contribution in [2.45, 2.75) is 130 Å². The molecule has 0 heterocycles. The van der Waals surface area contributed by atoms with Gasteiger partial charge in [-0.1, -0.05) is 84.5 Å². The summed E-state index contributed by atoms with van der Waals surface area (Å²) in [7, 11) is 0. The molecule has 0 aromatic rings. The molecule has 0 fully saturated rings. The standard InChI is InChI=1S/C23H47NO2.K/c1-4-6-8-10-12-16-20-24(21-17-13-11-9-7-5-2)22(3)18-14-15-19-23(25)26;/h22H,4-21H2,1-3H3,(H,25,26);/q;+1/p-1. The van der Waals surface area contributed by atoms with E-state index < -0.39 is 5.97 Å². The molecule has 3 nitrogen and oxygen atoms in total. The summed E-state index contributed by atoms with van der Waals surface area (Å²) in [4.78, 5) is 13.2. The fourth-order valence-corrected chi connectivity index (χ4v) is 3.63. The Labute approximate surface area is 212 Å². The van der Waals surface area contributed by atoms with Crippen LogP contribution in [0.25, 0.3) is 0 Å². The quantitative estimate of drug-likeness (QED) is 0.230. The molecule has 0 aliphatic carbocycles. The zero-order valence-corrected chi connectivity index (χ0v) is 22.2. The van der Waals surface area contributed by atoms with E-state index in [1.54, 1.807) is 0 Å². The maximum absolute atomic E-state index is 10.6. The molecule has 0 aliphatic heterocycles. The first-order chi connectivity index (χ1) is 12.6. The molecule has 0 aliphatic rings. The van der Waals surface area contributed by atoms with E-state index >= 15 is 0 Å². The Morgan fingerprint density at radius 3 is 1.63 bits per heavy atom. The van der Waals surface area contributed by atoms with Crippen molar-refractivity contribution in [1.29, 1.82) is 0 Å². The molecule has 0 N–H and O–H groups in total. The number of carboxylic acid groups (broad SMARTS) is 1. The fourth-order valence-electron chi connectivity index (χ4n) is 3.63. The number of hydrogen-bond acceptors (Lipinski definition) is 3. The van der Waals surface area contributed by atoms with Gasteiger partial charge >= 0.3 is 51.4 Å². The predicted molar refractivity (Wildman–Crippen MR) is 111 cm³/mol. The van der Waals surface area contributed by atoms with E-state index in [9.17, 15) is 9.90 Å². The van der Waals surface area contributed by atoms with Crippen molar-refractivity contribution in [2.24, 2.45) is 0 Å². The second-order valence-electron chi connectivity index (χ2n) is 8.04. The second kappa shape index (κ2) is 23.3. The Morgan fingerprint density at radius 1 is 0.741 bits per heavy atom. The summed E-state index contributed by atoms with van der Waals surface area (Å²) >= 11 is 0. The SMILES string of the molecule is CCCCCCCCN(CCCCCCCC)C(C)CCCCC(=O)[O-].[K+]. The van der Waals surface area contributed by atoms with Crippen molar-refractivity contribution < 1.29 is 61.3 Å². The van der Waals surface area contributed by atoms with Gasteiger partial charge in [-0.25, -0.2) is 0 Å². The third kappa shape index (κ3) is 21.6. The largest absolute Gasteiger partial charge is 1.00 e. The van der Waals surface area contributed by atoms with Gasteiger partial charge in [-0.2, -0.15) is 0 Å². The number of carboxylic acids is 1. The van der Waals surface area contributed by atoms with E-state index in [-0.39, 0.29) is 57.8 Å². The van der Waals surface area contributed by atoms with Gasteiger partial charge in [0, 0.05) is 12.0 Å². The number of unbranched alkanes of at least 4 members (excludes halogenated alkanes) is 11. The summed E-state index contributed by atoms with van der Waals surface area (Å²) in [6.45, 7) is 9.29. The van der Waals surface area contributed by atoms with Crippen molar-refractivity contribution in [1.82, 2.24) is 4.90 Å². The molecular weight excluding hydrogens is 361 g/mol. The van der Waals surface area contributed by atoms with Gasteiger partial charge in [-0.3, -0.25) is 0 Å². The van der Waals surface area contributed by atoms with Crippen LogP contribution in [0, 0.1) is 0 Å². The van der Waals surface area contributed by atoms with Crippen LogP contribution in [0.1, 0.15) is 124 Å². The molecule has 4 heteroatoms. The van der Waals surface area contributed by atoms with Crippen LogP contribution in [0.5, 0.6) is 0 Å². The average Bonchev–Trinajstić information content (AvgIpc) is 2.62. The van der Waals surface area contributed by atoms with Crippen LogP contribution in [-0.4, -0.2) is 30.0 Å². The van der Waals surface area contributed by atoms with Gasteiger partial charge in [0.25, 0.3) is 0 Å². The van der Waals surface area contributed by atoms with Crippen LogP contribution >= 0.6 is 0 Å². The topological polar surface area (TPSA) is 43.4 Å². The summed E-state index contributed by atoms with van der Waals surface area (Å²) in [5.74, 6) is -0.909. The molecule has 0 saturated carbocycles. The Morgan fingerprint density at radius 2 is 1.19 bits per heavy atom. The summed E-state index contributed by atoms with van der Waals surface area (Å²) in [5, 5.41) is 10.6. The van der Waals surface area contributed by atoms with Crippen LogP contribution < -0.4 is 56.5 Å². The van der Waals surface area contributed by atoms with Crippen LogP contribution in [0.3, 0.4) is 0 Å². The van der Waals surface area contributed by atoms with Crippen molar-refractivity contribution >= 4 is 5.97 Å². The van der Waals surface area contributed by atoms with Crippen molar-refractivity contribution in [3.63, 3.8) is 0 Å². The Bertz CT molecular complexity index is 297. The number of carbonyl (C=O) groups is 1. The monoisotopic (exact) mass is 407 g/mol. The van der Waals surface area contributed by atoms with Gasteiger partial charge in [0.05, 0.1) is 0 Å². The van der Waals surface area contributed by atoms with E-state index in [0.717, 1.165) is 19.3 Å². The Balaban J connectivity index is 0. The molecular formula is C23H46KNO2. The molecule has 0 bridgehead atoms. The van der Waals surface area contributed by atoms with Crippen LogP contribution in [0.4, 0.5) is 0 Å². The summed E-state index contributed by atoms with van der Waals surface area (Å²) in [6, 6.07) is 0.572. The molecule has 0 aromatic carbocycles. The first-order valence-electron chi connectivity index (χ1n) is 11.6.